The van der Waals surface area contributed by atoms with E-state index in [4.69, 9.17) is 4.74 Å². The van der Waals surface area contributed by atoms with E-state index in [0.717, 1.165) is 17.7 Å². The quantitative estimate of drug-likeness (QED) is 0.854. The van der Waals surface area contributed by atoms with Gasteiger partial charge in [0.15, 0.2) is 0 Å². The number of para-hydroxylation sites is 1. The summed E-state index contributed by atoms with van der Waals surface area (Å²) in [6.45, 7) is 4.14. The SMILES string of the molecule is CCC(C)(C(O)c1ccccc1OC)N(C)C. The molecule has 0 aliphatic heterocycles. The molecule has 1 aromatic carbocycles. The number of likely N-dealkylation sites (N-methyl/N-ethyl adjacent to an activating group) is 1. The lowest BCUT2D eigenvalue weighted by molar-refractivity contribution is -0.000410. The molecule has 1 rings (SSSR count). The molecule has 3 nitrogen and oxygen atoms in total. The van der Waals surface area contributed by atoms with Crippen LogP contribution < -0.4 is 4.74 Å². The van der Waals surface area contributed by atoms with Gasteiger partial charge in [-0.3, -0.25) is 0 Å². The third-order valence-electron chi connectivity index (χ3n) is 3.76. The molecule has 0 saturated carbocycles. The highest BCUT2D eigenvalue weighted by molar-refractivity contribution is 5.36. The lowest BCUT2D eigenvalue weighted by atomic mass is 9.85. The standard InChI is InChI=1S/C14H23NO2/c1-6-14(2,15(3)4)13(16)11-9-7-8-10-12(11)17-5/h7-10,13,16H,6H2,1-5H3. The number of ether oxygens (including phenoxy) is 1. The summed E-state index contributed by atoms with van der Waals surface area (Å²) in [5.41, 5.74) is 0.544. The van der Waals surface area contributed by atoms with E-state index in [1.54, 1.807) is 7.11 Å². The van der Waals surface area contributed by atoms with Crippen LogP contribution in [0.25, 0.3) is 0 Å². The van der Waals surface area contributed by atoms with Crippen molar-refractivity contribution in [2.24, 2.45) is 0 Å². The normalized spacial score (nSPS) is 16.6. The van der Waals surface area contributed by atoms with Crippen molar-refractivity contribution in [1.82, 2.24) is 4.90 Å². The summed E-state index contributed by atoms with van der Waals surface area (Å²) in [6.07, 6.45) is 0.290. The Hall–Kier alpha value is -1.06. The largest absolute Gasteiger partial charge is 0.496 e. The molecule has 3 heteroatoms. The predicted molar refractivity (Wildman–Crippen MR) is 70.3 cm³/mol. The highest BCUT2D eigenvalue weighted by atomic mass is 16.5. The van der Waals surface area contributed by atoms with Crippen LogP contribution in [-0.4, -0.2) is 36.8 Å². The second-order valence-electron chi connectivity index (χ2n) is 4.75. The molecule has 17 heavy (non-hydrogen) atoms. The number of hydrogen-bond donors (Lipinski definition) is 1. The van der Waals surface area contributed by atoms with Crippen molar-refractivity contribution < 1.29 is 9.84 Å². The fourth-order valence-corrected chi connectivity index (χ4v) is 1.98. The number of nitrogens with zero attached hydrogens (tertiary/aromatic N) is 1. The Morgan fingerprint density at radius 1 is 1.35 bits per heavy atom. The first-order chi connectivity index (χ1) is 7.97. The Morgan fingerprint density at radius 3 is 2.41 bits per heavy atom. The van der Waals surface area contributed by atoms with Gasteiger partial charge in [-0.1, -0.05) is 25.1 Å². The van der Waals surface area contributed by atoms with Gasteiger partial charge in [0, 0.05) is 11.1 Å². The van der Waals surface area contributed by atoms with Crippen LogP contribution in [0.15, 0.2) is 24.3 Å². The molecule has 0 spiro atoms. The smallest absolute Gasteiger partial charge is 0.124 e. The number of aliphatic hydroxyl groups excluding tert-OH is 1. The van der Waals surface area contributed by atoms with E-state index in [1.165, 1.54) is 0 Å². The molecule has 96 valence electrons. The number of methoxy groups -OCH3 is 1. The van der Waals surface area contributed by atoms with E-state index in [-0.39, 0.29) is 5.54 Å². The van der Waals surface area contributed by atoms with Crippen LogP contribution in [0.1, 0.15) is 31.9 Å². The molecule has 0 aliphatic carbocycles. The van der Waals surface area contributed by atoms with Gasteiger partial charge in [0.1, 0.15) is 11.9 Å². The summed E-state index contributed by atoms with van der Waals surface area (Å²) in [6, 6.07) is 7.63. The molecule has 1 aromatic rings. The Labute approximate surface area is 104 Å². The van der Waals surface area contributed by atoms with Crippen molar-refractivity contribution in [3.05, 3.63) is 29.8 Å². The maximum Gasteiger partial charge on any atom is 0.124 e. The van der Waals surface area contributed by atoms with Gasteiger partial charge >= 0.3 is 0 Å². The number of aliphatic hydroxyl groups is 1. The summed E-state index contributed by atoms with van der Waals surface area (Å²) in [5, 5.41) is 10.6. The van der Waals surface area contributed by atoms with Gasteiger partial charge in [-0.2, -0.15) is 0 Å². The van der Waals surface area contributed by atoms with E-state index in [1.807, 2.05) is 38.4 Å². The highest BCUT2D eigenvalue weighted by Gasteiger charge is 2.35. The summed E-state index contributed by atoms with van der Waals surface area (Å²) in [7, 11) is 5.61. The van der Waals surface area contributed by atoms with Gasteiger partial charge in [0.2, 0.25) is 0 Å². The molecule has 2 unspecified atom stereocenters. The monoisotopic (exact) mass is 237 g/mol. The molecule has 0 bridgehead atoms. The molecule has 0 amide bonds. The lowest BCUT2D eigenvalue weighted by Crippen LogP contribution is -2.46. The number of benzene rings is 1. The van der Waals surface area contributed by atoms with Crippen LogP contribution in [-0.2, 0) is 0 Å². The first-order valence-electron chi connectivity index (χ1n) is 5.95. The maximum absolute atomic E-state index is 10.6. The van der Waals surface area contributed by atoms with Gasteiger partial charge < -0.3 is 14.7 Å². The molecular formula is C14H23NO2. The first-order valence-corrected chi connectivity index (χ1v) is 5.95. The fourth-order valence-electron chi connectivity index (χ4n) is 1.98. The molecule has 1 N–H and O–H groups in total. The average molecular weight is 237 g/mol. The molecule has 2 atom stereocenters. The zero-order chi connectivity index (χ0) is 13.1. The van der Waals surface area contributed by atoms with Crippen LogP contribution in [0.4, 0.5) is 0 Å². The van der Waals surface area contributed by atoms with Gasteiger partial charge in [0.25, 0.3) is 0 Å². The van der Waals surface area contributed by atoms with E-state index < -0.39 is 6.10 Å². The third-order valence-corrected chi connectivity index (χ3v) is 3.76. The van der Waals surface area contributed by atoms with Crippen LogP contribution in [0.2, 0.25) is 0 Å². The van der Waals surface area contributed by atoms with Crippen LogP contribution in [0, 0.1) is 0 Å². The second-order valence-corrected chi connectivity index (χ2v) is 4.75. The van der Waals surface area contributed by atoms with E-state index in [9.17, 15) is 5.11 Å². The van der Waals surface area contributed by atoms with Gasteiger partial charge in [-0.25, -0.2) is 0 Å². The Bertz CT molecular complexity index is 365. The van der Waals surface area contributed by atoms with Gasteiger partial charge in [-0.05, 0) is 33.5 Å². The minimum absolute atomic E-state index is 0.297. The van der Waals surface area contributed by atoms with Crippen molar-refractivity contribution in [2.45, 2.75) is 31.9 Å². The summed E-state index contributed by atoms with van der Waals surface area (Å²) < 4.78 is 5.31. The van der Waals surface area contributed by atoms with Crippen LogP contribution in [0.3, 0.4) is 0 Å². The Morgan fingerprint density at radius 2 is 1.94 bits per heavy atom. The minimum Gasteiger partial charge on any atom is -0.496 e. The summed E-state index contributed by atoms with van der Waals surface area (Å²) >= 11 is 0. The van der Waals surface area contributed by atoms with E-state index >= 15 is 0 Å². The third kappa shape index (κ3) is 2.61. The Balaban J connectivity index is 3.14. The topological polar surface area (TPSA) is 32.7 Å². The fraction of sp³-hybridized carbons (Fsp3) is 0.571. The van der Waals surface area contributed by atoms with E-state index in [0.29, 0.717) is 0 Å². The Kier molecular flexibility index (Phi) is 4.54. The van der Waals surface area contributed by atoms with Crippen LogP contribution in [0.5, 0.6) is 5.75 Å². The zero-order valence-electron chi connectivity index (χ0n) is 11.4. The number of rotatable bonds is 5. The minimum atomic E-state index is -0.571. The molecule has 0 fully saturated rings. The van der Waals surface area contributed by atoms with E-state index in [2.05, 4.69) is 18.7 Å². The second kappa shape index (κ2) is 5.52. The molecule has 0 aliphatic rings. The number of hydrogen-bond acceptors (Lipinski definition) is 3. The summed E-state index contributed by atoms with van der Waals surface area (Å²) in [4.78, 5) is 2.06. The van der Waals surface area contributed by atoms with Crippen molar-refractivity contribution in [3.8, 4) is 5.75 Å². The molecule has 0 saturated heterocycles. The van der Waals surface area contributed by atoms with Crippen LogP contribution >= 0.6 is 0 Å². The van der Waals surface area contributed by atoms with Gasteiger partial charge in [-0.15, -0.1) is 0 Å². The van der Waals surface area contributed by atoms with Gasteiger partial charge in [0.05, 0.1) is 7.11 Å². The molecule has 0 heterocycles. The zero-order valence-corrected chi connectivity index (χ0v) is 11.4. The molecule has 0 radical (unpaired) electrons. The first kappa shape index (κ1) is 14.0. The van der Waals surface area contributed by atoms with Crippen molar-refractivity contribution >= 4 is 0 Å². The van der Waals surface area contributed by atoms with Crippen molar-refractivity contribution in [3.63, 3.8) is 0 Å². The van der Waals surface area contributed by atoms with Crippen molar-refractivity contribution in [1.29, 1.82) is 0 Å². The summed E-state index contributed by atoms with van der Waals surface area (Å²) in [5.74, 6) is 0.738. The molecule has 0 aromatic heterocycles. The molecular weight excluding hydrogens is 214 g/mol. The van der Waals surface area contributed by atoms with Crippen molar-refractivity contribution in [2.75, 3.05) is 21.2 Å². The highest BCUT2D eigenvalue weighted by Crippen LogP contribution is 2.36. The lowest BCUT2D eigenvalue weighted by Gasteiger charge is -2.40. The average Bonchev–Trinajstić information content (AvgIpc) is 2.36. The predicted octanol–water partition coefficient (Wildman–Crippen LogP) is 2.46. The maximum atomic E-state index is 10.6.